The van der Waals surface area contributed by atoms with Gasteiger partial charge in [0.2, 0.25) is 5.91 Å². The number of nitrogens with one attached hydrogen (secondary N) is 1. The van der Waals surface area contributed by atoms with Crippen LogP contribution in [0.1, 0.15) is 18.1 Å². The largest absolute Gasteiger partial charge is 0.325 e. The van der Waals surface area contributed by atoms with Gasteiger partial charge in [0.25, 0.3) is 0 Å². The third-order valence-electron chi connectivity index (χ3n) is 5.42. The summed E-state index contributed by atoms with van der Waals surface area (Å²) in [5.74, 6) is 0.276. The van der Waals surface area contributed by atoms with Gasteiger partial charge in [0.15, 0.2) is 15.0 Å². The highest BCUT2D eigenvalue weighted by Crippen LogP contribution is 2.35. The van der Waals surface area contributed by atoms with Gasteiger partial charge in [-0.25, -0.2) is 8.42 Å². The van der Waals surface area contributed by atoms with Crippen LogP contribution in [-0.2, 0) is 21.1 Å². The molecule has 2 aromatic rings. The average molecular weight is 444 g/mol. The van der Waals surface area contributed by atoms with Crippen molar-refractivity contribution in [1.29, 1.82) is 0 Å². The predicted octanol–water partition coefficient (Wildman–Crippen LogP) is 3.27. The van der Waals surface area contributed by atoms with E-state index in [0.717, 1.165) is 28.9 Å². The molecule has 158 valence electrons. The van der Waals surface area contributed by atoms with Gasteiger partial charge in [-0.1, -0.05) is 54.6 Å². The number of para-hydroxylation sites is 1. The smallest absolute Gasteiger partial charge is 0.234 e. The molecule has 2 aromatic carbocycles. The van der Waals surface area contributed by atoms with Crippen molar-refractivity contribution in [3.05, 3.63) is 59.7 Å². The Labute approximate surface area is 181 Å². The standard InChI is InChI=1S/C22H25N3O3S2/c1-3-16-6-4-5-7-18(16)23-21(26)12-29-22-24-19-13-30(27,28)14-20(19)25(22)17-10-8-15(2)9-11-17/h4-11,19-20H,3,12-14H2,1-2H3,(H,23,26)/t19-,20+/m0/s1. The van der Waals surface area contributed by atoms with E-state index in [1.54, 1.807) is 0 Å². The molecular weight excluding hydrogens is 418 g/mol. The zero-order valence-electron chi connectivity index (χ0n) is 17.0. The minimum atomic E-state index is -3.09. The number of nitrogens with zero attached hydrogens (tertiary/aromatic N) is 2. The molecule has 1 N–H and O–H groups in total. The van der Waals surface area contributed by atoms with Gasteiger partial charge in [0.1, 0.15) is 0 Å². The summed E-state index contributed by atoms with van der Waals surface area (Å²) < 4.78 is 24.3. The zero-order valence-corrected chi connectivity index (χ0v) is 18.7. The van der Waals surface area contributed by atoms with Crippen molar-refractivity contribution in [3.63, 3.8) is 0 Å². The van der Waals surface area contributed by atoms with Crippen LogP contribution in [-0.4, -0.2) is 48.8 Å². The number of carbonyl (C=O) groups excluding carboxylic acids is 1. The minimum Gasteiger partial charge on any atom is -0.325 e. The lowest BCUT2D eigenvalue weighted by molar-refractivity contribution is -0.113. The molecule has 2 atom stereocenters. The van der Waals surface area contributed by atoms with Crippen molar-refractivity contribution in [2.75, 3.05) is 27.5 Å². The molecule has 2 aliphatic rings. The summed E-state index contributed by atoms with van der Waals surface area (Å²) in [6.07, 6.45) is 0.843. The van der Waals surface area contributed by atoms with Crippen molar-refractivity contribution in [3.8, 4) is 0 Å². The molecule has 0 saturated carbocycles. The second-order valence-electron chi connectivity index (χ2n) is 7.68. The number of thioether (sulfide) groups is 1. The number of fused-ring (bicyclic) bond motifs is 1. The normalized spacial score (nSPS) is 21.9. The summed E-state index contributed by atoms with van der Waals surface area (Å²) in [5, 5.41) is 3.69. The predicted molar refractivity (Wildman–Crippen MR) is 124 cm³/mol. The van der Waals surface area contributed by atoms with E-state index >= 15 is 0 Å². The summed E-state index contributed by atoms with van der Waals surface area (Å²) in [4.78, 5) is 19.3. The van der Waals surface area contributed by atoms with Crippen LogP contribution in [0.2, 0.25) is 0 Å². The van der Waals surface area contributed by atoms with E-state index in [2.05, 4.69) is 17.2 Å². The van der Waals surface area contributed by atoms with E-state index in [4.69, 9.17) is 0 Å². The molecule has 0 aliphatic carbocycles. The van der Waals surface area contributed by atoms with Crippen LogP contribution in [0, 0.1) is 6.92 Å². The summed E-state index contributed by atoms with van der Waals surface area (Å²) in [6.45, 7) is 4.07. The van der Waals surface area contributed by atoms with Crippen LogP contribution in [0.4, 0.5) is 11.4 Å². The van der Waals surface area contributed by atoms with Crippen molar-refractivity contribution in [2.24, 2.45) is 4.99 Å². The van der Waals surface area contributed by atoms with Gasteiger partial charge in [-0.3, -0.25) is 9.79 Å². The molecule has 2 heterocycles. The van der Waals surface area contributed by atoms with Crippen molar-refractivity contribution >= 4 is 44.0 Å². The van der Waals surface area contributed by atoms with Crippen molar-refractivity contribution in [2.45, 2.75) is 32.4 Å². The number of rotatable bonds is 5. The molecule has 30 heavy (non-hydrogen) atoms. The lowest BCUT2D eigenvalue weighted by Crippen LogP contribution is -2.39. The van der Waals surface area contributed by atoms with Crippen LogP contribution in [0.25, 0.3) is 0 Å². The Morgan fingerprint density at radius 3 is 2.63 bits per heavy atom. The summed E-state index contributed by atoms with van der Waals surface area (Å²) >= 11 is 1.36. The minimum absolute atomic E-state index is 0.0696. The number of amides is 1. The highest BCUT2D eigenvalue weighted by Gasteiger charge is 2.47. The average Bonchev–Trinajstić information content (AvgIpc) is 3.18. The van der Waals surface area contributed by atoms with Gasteiger partial charge in [-0.2, -0.15) is 0 Å². The number of aliphatic imine (C=N–C) groups is 1. The third-order valence-corrected chi connectivity index (χ3v) is 8.09. The topological polar surface area (TPSA) is 78.8 Å². The van der Waals surface area contributed by atoms with E-state index in [1.165, 1.54) is 11.8 Å². The van der Waals surface area contributed by atoms with E-state index in [0.29, 0.717) is 5.17 Å². The van der Waals surface area contributed by atoms with Gasteiger partial charge < -0.3 is 10.2 Å². The van der Waals surface area contributed by atoms with E-state index in [1.807, 2.05) is 60.4 Å². The Kier molecular flexibility index (Phi) is 5.88. The molecule has 0 bridgehead atoms. The Morgan fingerprint density at radius 2 is 1.90 bits per heavy atom. The first-order chi connectivity index (χ1) is 14.4. The second kappa shape index (κ2) is 8.43. The molecule has 2 aliphatic heterocycles. The fraction of sp³-hybridized carbons (Fsp3) is 0.364. The molecular formula is C22H25N3O3S2. The van der Waals surface area contributed by atoms with Crippen LogP contribution >= 0.6 is 11.8 Å². The number of benzene rings is 2. The van der Waals surface area contributed by atoms with Crippen molar-refractivity contribution < 1.29 is 13.2 Å². The SMILES string of the molecule is CCc1ccccc1NC(=O)CSC1=N[C@H]2CS(=O)(=O)C[C@H]2N1c1ccc(C)cc1. The Balaban J connectivity index is 1.50. The highest BCUT2D eigenvalue weighted by atomic mass is 32.2. The summed E-state index contributed by atoms with van der Waals surface area (Å²) in [7, 11) is -3.09. The quantitative estimate of drug-likeness (QED) is 0.767. The molecule has 1 saturated heterocycles. The van der Waals surface area contributed by atoms with Gasteiger partial charge in [-0.05, 0) is 37.1 Å². The summed E-state index contributed by atoms with van der Waals surface area (Å²) in [6, 6.07) is 15.3. The Hall–Kier alpha value is -2.32. The number of hydrogen-bond donors (Lipinski definition) is 1. The van der Waals surface area contributed by atoms with E-state index < -0.39 is 9.84 Å². The Morgan fingerprint density at radius 1 is 1.17 bits per heavy atom. The first-order valence-electron chi connectivity index (χ1n) is 10.0. The molecule has 8 heteroatoms. The van der Waals surface area contributed by atoms with Gasteiger partial charge in [-0.15, -0.1) is 0 Å². The molecule has 4 rings (SSSR count). The fourth-order valence-electron chi connectivity index (χ4n) is 3.91. The first kappa shape index (κ1) is 20.9. The molecule has 1 fully saturated rings. The first-order valence-corrected chi connectivity index (χ1v) is 12.8. The number of anilines is 2. The number of hydrogen-bond acceptors (Lipinski definition) is 6. The number of sulfone groups is 1. The summed E-state index contributed by atoms with van der Waals surface area (Å²) in [5.41, 5.74) is 3.97. The zero-order chi connectivity index (χ0) is 21.3. The molecule has 0 aromatic heterocycles. The number of amidine groups is 1. The van der Waals surface area contributed by atoms with Gasteiger partial charge >= 0.3 is 0 Å². The number of aryl methyl sites for hydroxylation is 2. The second-order valence-corrected chi connectivity index (χ2v) is 10.8. The van der Waals surface area contributed by atoms with E-state index in [9.17, 15) is 13.2 Å². The van der Waals surface area contributed by atoms with Crippen LogP contribution in [0.15, 0.2) is 53.5 Å². The molecule has 0 radical (unpaired) electrons. The maximum atomic E-state index is 12.6. The molecule has 6 nitrogen and oxygen atoms in total. The fourth-order valence-corrected chi connectivity index (χ4v) is 6.67. The Bertz CT molecular complexity index is 1080. The highest BCUT2D eigenvalue weighted by molar-refractivity contribution is 8.14. The maximum absolute atomic E-state index is 12.6. The molecule has 0 spiro atoms. The van der Waals surface area contributed by atoms with Crippen molar-refractivity contribution in [1.82, 2.24) is 0 Å². The van der Waals surface area contributed by atoms with Gasteiger partial charge in [0, 0.05) is 11.4 Å². The third kappa shape index (κ3) is 4.39. The van der Waals surface area contributed by atoms with Crippen LogP contribution in [0.3, 0.4) is 0 Å². The molecule has 0 unspecified atom stereocenters. The lowest BCUT2D eigenvalue weighted by Gasteiger charge is -2.26. The van der Waals surface area contributed by atoms with Gasteiger partial charge in [0.05, 0.1) is 29.3 Å². The molecule has 1 amide bonds. The van der Waals surface area contributed by atoms with Crippen LogP contribution < -0.4 is 10.2 Å². The van der Waals surface area contributed by atoms with E-state index in [-0.39, 0.29) is 35.2 Å². The maximum Gasteiger partial charge on any atom is 0.234 e. The monoisotopic (exact) mass is 443 g/mol. The number of carbonyl (C=O) groups is 1. The van der Waals surface area contributed by atoms with Crippen LogP contribution in [0.5, 0.6) is 0 Å². The lowest BCUT2D eigenvalue weighted by atomic mass is 10.1.